The molecular formula is C16H15N3O2S. The molecule has 0 unspecified atom stereocenters. The van der Waals surface area contributed by atoms with Crippen LogP contribution in [0, 0.1) is 0 Å². The predicted octanol–water partition coefficient (Wildman–Crippen LogP) is 3.25. The second kappa shape index (κ2) is 6.11. The molecule has 1 amide bonds. The number of methoxy groups -OCH3 is 1. The number of aromatic nitrogens is 2. The van der Waals surface area contributed by atoms with Gasteiger partial charge in [0.2, 0.25) is 5.91 Å². The molecule has 5 nitrogen and oxygen atoms in total. The summed E-state index contributed by atoms with van der Waals surface area (Å²) in [6, 6.07) is 9.56. The van der Waals surface area contributed by atoms with Gasteiger partial charge in [-0.25, -0.2) is 4.98 Å². The van der Waals surface area contributed by atoms with E-state index in [1.807, 2.05) is 30.3 Å². The molecular weight excluding hydrogens is 298 g/mol. The van der Waals surface area contributed by atoms with Crippen molar-refractivity contribution in [3.05, 3.63) is 48.3 Å². The number of ether oxygens (including phenoxy) is 1. The van der Waals surface area contributed by atoms with E-state index in [0.29, 0.717) is 17.4 Å². The van der Waals surface area contributed by atoms with Crippen LogP contribution in [-0.4, -0.2) is 23.0 Å². The summed E-state index contributed by atoms with van der Waals surface area (Å²) in [6.07, 6.45) is 3.47. The Labute approximate surface area is 132 Å². The number of pyridine rings is 1. The largest absolute Gasteiger partial charge is 0.494 e. The first kappa shape index (κ1) is 14.5. The van der Waals surface area contributed by atoms with Gasteiger partial charge in [0, 0.05) is 19.3 Å². The summed E-state index contributed by atoms with van der Waals surface area (Å²) in [5.74, 6) is 0.659. The number of carbonyl (C=O) groups excluding carboxylic acids is 1. The number of benzene rings is 1. The highest BCUT2D eigenvalue weighted by Crippen LogP contribution is 2.34. The first-order valence-corrected chi connectivity index (χ1v) is 7.61. The van der Waals surface area contributed by atoms with Crippen molar-refractivity contribution in [1.29, 1.82) is 0 Å². The third-order valence-corrected chi connectivity index (χ3v) is 4.31. The van der Waals surface area contributed by atoms with Gasteiger partial charge in [-0.1, -0.05) is 23.5 Å². The molecule has 0 bridgehead atoms. The molecule has 0 aliphatic heterocycles. The monoisotopic (exact) mass is 313 g/mol. The molecule has 22 heavy (non-hydrogen) atoms. The number of para-hydroxylation sites is 1. The first-order chi connectivity index (χ1) is 10.7. The van der Waals surface area contributed by atoms with Gasteiger partial charge in [0.15, 0.2) is 5.13 Å². The molecule has 0 saturated heterocycles. The molecule has 3 rings (SSSR count). The van der Waals surface area contributed by atoms with Crippen LogP contribution < -0.4 is 9.64 Å². The molecule has 0 radical (unpaired) electrons. The molecule has 0 saturated carbocycles. The van der Waals surface area contributed by atoms with E-state index >= 15 is 0 Å². The Morgan fingerprint density at radius 1 is 1.32 bits per heavy atom. The highest BCUT2D eigenvalue weighted by Gasteiger charge is 2.18. The predicted molar refractivity (Wildman–Crippen MR) is 87.3 cm³/mol. The molecule has 0 N–H and O–H groups in total. The van der Waals surface area contributed by atoms with Crippen molar-refractivity contribution in [2.24, 2.45) is 0 Å². The topological polar surface area (TPSA) is 55.3 Å². The van der Waals surface area contributed by atoms with E-state index in [1.165, 1.54) is 11.3 Å². The van der Waals surface area contributed by atoms with Crippen molar-refractivity contribution in [1.82, 2.24) is 9.97 Å². The Hall–Kier alpha value is -2.47. The Kier molecular flexibility index (Phi) is 4.02. The summed E-state index contributed by atoms with van der Waals surface area (Å²) in [6.45, 7) is 1.99. The van der Waals surface area contributed by atoms with Gasteiger partial charge in [0.1, 0.15) is 11.3 Å². The summed E-state index contributed by atoms with van der Waals surface area (Å²) < 4.78 is 6.32. The minimum Gasteiger partial charge on any atom is -0.494 e. The van der Waals surface area contributed by atoms with Crippen molar-refractivity contribution >= 4 is 32.6 Å². The van der Waals surface area contributed by atoms with Crippen molar-refractivity contribution in [2.75, 3.05) is 12.0 Å². The van der Waals surface area contributed by atoms with Crippen molar-refractivity contribution in [3.8, 4) is 5.75 Å². The van der Waals surface area contributed by atoms with E-state index in [4.69, 9.17) is 4.74 Å². The highest BCUT2D eigenvalue weighted by atomic mass is 32.1. The van der Waals surface area contributed by atoms with Gasteiger partial charge in [-0.05, 0) is 23.8 Å². The van der Waals surface area contributed by atoms with Crippen LogP contribution in [0.25, 0.3) is 10.2 Å². The lowest BCUT2D eigenvalue weighted by atomic mass is 10.2. The average molecular weight is 313 g/mol. The Balaban J connectivity index is 2.00. The number of rotatable bonds is 4. The number of thiazole rings is 1. The maximum absolute atomic E-state index is 12.0. The van der Waals surface area contributed by atoms with E-state index in [2.05, 4.69) is 9.97 Å². The van der Waals surface area contributed by atoms with Crippen LogP contribution in [0.1, 0.15) is 12.5 Å². The van der Waals surface area contributed by atoms with Crippen molar-refractivity contribution < 1.29 is 9.53 Å². The Morgan fingerprint density at radius 2 is 2.18 bits per heavy atom. The van der Waals surface area contributed by atoms with Crippen LogP contribution in [0.4, 0.5) is 5.13 Å². The van der Waals surface area contributed by atoms with Crippen LogP contribution in [0.15, 0.2) is 42.7 Å². The smallest absolute Gasteiger partial charge is 0.225 e. The third kappa shape index (κ3) is 2.78. The number of hydrogen-bond acceptors (Lipinski definition) is 5. The lowest BCUT2D eigenvalue weighted by molar-refractivity contribution is -0.116. The molecule has 1 aromatic carbocycles. The fourth-order valence-electron chi connectivity index (χ4n) is 2.18. The summed E-state index contributed by atoms with van der Waals surface area (Å²) in [7, 11) is 1.62. The number of carbonyl (C=O) groups is 1. The van der Waals surface area contributed by atoms with E-state index in [1.54, 1.807) is 31.3 Å². The molecule has 0 spiro atoms. The quantitative estimate of drug-likeness (QED) is 0.742. The summed E-state index contributed by atoms with van der Waals surface area (Å²) in [4.78, 5) is 22.3. The van der Waals surface area contributed by atoms with Crippen LogP contribution in [0.3, 0.4) is 0 Å². The minimum atomic E-state index is -0.0538. The molecule has 0 fully saturated rings. The molecule has 6 heteroatoms. The highest BCUT2D eigenvalue weighted by molar-refractivity contribution is 7.22. The summed E-state index contributed by atoms with van der Waals surface area (Å²) in [5.41, 5.74) is 1.74. The molecule has 0 aliphatic carbocycles. The van der Waals surface area contributed by atoms with Crippen LogP contribution >= 0.6 is 11.3 Å². The molecule has 2 heterocycles. The number of amides is 1. The van der Waals surface area contributed by atoms with Crippen LogP contribution in [-0.2, 0) is 11.3 Å². The first-order valence-electron chi connectivity index (χ1n) is 6.79. The maximum Gasteiger partial charge on any atom is 0.225 e. The fourth-order valence-corrected chi connectivity index (χ4v) is 3.21. The van der Waals surface area contributed by atoms with Crippen LogP contribution in [0.5, 0.6) is 5.75 Å². The SMILES string of the molecule is COc1cccc2sc(N(Cc3cccnc3)C(C)=O)nc12. The maximum atomic E-state index is 12.0. The summed E-state index contributed by atoms with van der Waals surface area (Å²) >= 11 is 1.48. The number of fused-ring (bicyclic) bond motifs is 1. The van der Waals surface area contributed by atoms with Gasteiger partial charge < -0.3 is 4.74 Å². The number of hydrogen-bond donors (Lipinski definition) is 0. The van der Waals surface area contributed by atoms with Gasteiger partial charge >= 0.3 is 0 Å². The fraction of sp³-hybridized carbons (Fsp3) is 0.188. The summed E-state index contributed by atoms with van der Waals surface area (Å²) in [5, 5.41) is 0.663. The van der Waals surface area contributed by atoms with Gasteiger partial charge in [0.25, 0.3) is 0 Å². The third-order valence-electron chi connectivity index (χ3n) is 3.27. The molecule has 0 aliphatic rings. The Bertz CT molecular complexity index is 802. The number of anilines is 1. The van der Waals surface area contributed by atoms with Crippen LogP contribution in [0.2, 0.25) is 0 Å². The van der Waals surface area contributed by atoms with E-state index in [-0.39, 0.29) is 5.91 Å². The van der Waals surface area contributed by atoms with Gasteiger partial charge in [0.05, 0.1) is 18.4 Å². The lowest BCUT2D eigenvalue weighted by Crippen LogP contribution is -2.27. The number of nitrogens with zero attached hydrogens (tertiary/aromatic N) is 3. The standard InChI is InChI=1S/C16H15N3O2S/c1-11(20)19(10-12-5-4-8-17-9-12)16-18-15-13(21-2)6-3-7-14(15)22-16/h3-9H,10H2,1-2H3. The molecule has 0 atom stereocenters. The lowest BCUT2D eigenvalue weighted by Gasteiger charge is -2.17. The molecule has 112 valence electrons. The van der Waals surface area contributed by atoms with E-state index in [0.717, 1.165) is 15.8 Å². The van der Waals surface area contributed by atoms with Crippen molar-refractivity contribution in [2.45, 2.75) is 13.5 Å². The second-order valence-electron chi connectivity index (χ2n) is 4.77. The van der Waals surface area contributed by atoms with Gasteiger partial charge in [-0.2, -0.15) is 0 Å². The minimum absolute atomic E-state index is 0.0538. The Morgan fingerprint density at radius 3 is 2.86 bits per heavy atom. The van der Waals surface area contributed by atoms with Crippen molar-refractivity contribution in [3.63, 3.8) is 0 Å². The second-order valence-corrected chi connectivity index (χ2v) is 5.78. The zero-order valence-electron chi connectivity index (χ0n) is 12.3. The van der Waals surface area contributed by atoms with E-state index in [9.17, 15) is 4.79 Å². The van der Waals surface area contributed by atoms with Gasteiger partial charge in [-0.15, -0.1) is 0 Å². The molecule has 3 aromatic rings. The normalized spacial score (nSPS) is 10.6. The molecule has 2 aromatic heterocycles. The van der Waals surface area contributed by atoms with Gasteiger partial charge in [-0.3, -0.25) is 14.7 Å². The average Bonchev–Trinajstić information content (AvgIpc) is 2.96. The zero-order valence-corrected chi connectivity index (χ0v) is 13.1. The zero-order chi connectivity index (χ0) is 15.5. The van der Waals surface area contributed by atoms with E-state index < -0.39 is 0 Å².